The summed E-state index contributed by atoms with van der Waals surface area (Å²) < 4.78 is 42.3. The summed E-state index contributed by atoms with van der Waals surface area (Å²) in [6, 6.07) is 0. The van der Waals surface area contributed by atoms with E-state index in [1.54, 1.807) is 27.7 Å². The molecule has 7 rings (SSSR count). The van der Waals surface area contributed by atoms with E-state index in [9.17, 15) is 40.9 Å². The number of fused-ring (bicyclic) bond motifs is 5. The van der Waals surface area contributed by atoms with Gasteiger partial charge in [0.05, 0.1) is 60.4 Å². The molecule has 15 nitrogen and oxygen atoms in total. The Morgan fingerprint density at radius 1 is 0.764 bits per heavy atom. The fourth-order valence-corrected chi connectivity index (χ4v) is 12.0. The van der Waals surface area contributed by atoms with Gasteiger partial charge in [0.25, 0.3) is 0 Å². The Balaban J connectivity index is 0.941. The van der Waals surface area contributed by atoms with Crippen molar-refractivity contribution >= 4 is 0 Å². The first kappa shape index (κ1) is 42.3. The minimum Gasteiger partial charge on any atom is -0.392 e. The monoisotopic (exact) mass is 786 g/mol. The van der Waals surface area contributed by atoms with Crippen LogP contribution in [0.25, 0.3) is 0 Å². The molecule has 55 heavy (non-hydrogen) atoms. The smallest absolute Gasteiger partial charge is 0.161 e. The molecule has 8 N–H and O–H groups in total. The highest BCUT2D eigenvalue weighted by Gasteiger charge is 2.80. The first-order valence-electron chi connectivity index (χ1n) is 20.4. The number of methoxy groups -OCH3 is 1. The van der Waals surface area contributed by atoms with Crippen LogP contribution in [0, 0.1) is 16.7 Å². The molecule has 3 saturated heterocycles. The fourth-order valence-electron chi connectivity index (χ4n) is 12.0. The van der Waals surface area contributed by atoms with Crippen molar-refractivity contribution in [1.29, 1.82) is 0 Å². The number of aliphatic hydroxyl groups excluding tert-OH is 5. The van der Waals surface area contributed by atoms with Gasteiger partial charge in [-0.05, 0) is 78.1 Å². The van der Waals surface area contributed by atoms with Gasteiger partial charge in [0.1, 0.15) is 35.1 Å². The number of rotatable bonds is 8. The SMILES string of the molecule is COC1CC(OC2C(O)CC(OC3C(O)CC(OC4CCC5(C)C(=CCC6(O)C5CC(O)C5(C)C(O)(C(C)O)CCC65O)C4)OC3C)OC2C)OC(C)C1O. The van der Waals surface area contributed by atoms with Crippen molar-refractivity contribution < 1.29 is 74.0 Å². The fraction of sp³-hybridized carbons (Fsp3) is 0.950. The second-order valence-electron chi connectivity index (χ2n) is 18.4. The van der Waals surface area contributed by atoms with Crippen LogP contribution in [0.3, 0.4) is 0 Å². The highest BCUT2D eigenvalue weighted by Crippen LogP contribution is 2.70. The van der Waals surface area contributed by atoms with Gasteiger partial charge >= 0.3 is 0 Å². The molecule has 4 aliphatic carbocycles. The molecule has 0 aromatic carbocycles. The second kappa shape index (κ2) is 15.0. The number of hydrogen-bond acceptors (Lipinski definition) is 15. The van der Waals surface area contributed by atoms with E-state index in [-0.39, 0.29) is 44.6 Å². The maximum absolute atomic E-state index is 12.5. The molecule has 0 aromatic rings. The average Bonchev–Trinajstić information content (AvgIpc) is 3.35. The molecule has 3 saturated carbocycles. The summed E-state index contributed by atoms with van der Waals surface area (Å²) in [7, 11) is 1.52. The first-order valence-corrected chi connectivity index (χ1v) is 20.4. The van der Waals surface area contributed by atoms with Gasteiger partial charge < -0.3 is 74.0 Å². The lowest BCUT2D eigenvalue weighted by molar-refractivity contribution is -0.336. The second-order valence-corrected chi connectivity index (χ2v) is 18.4. The normalized spacial score (nSPS) is 56.2. The zero-order chi connectivity index (χ0) is 40.0. The molecular weight excluding hydrogens is 720 g/mol. The van der Waals surface area contributed by atoms with E-state index in [2.05, 4.69) is 6.92 Å². The van der Waals surface area contributed by atoms with Crippen LogP contribution >= 0.6 is 0 Å². The largest absolute Gasteiger partial charge is 0.392 e. The van der Waals surface area contributed by atoms with Crippen LogP contribution in [0.15, 0.2) is 11.6 Å². The van der Waals surface area contributed by atoms with Crippen molar-refractivity contribution in [2.24, 2.45) is 16.7 Å². The molecule has 21 atom stereocenters. The zero-order valence-electron chi connectivity index (χ0n) is 33.3. The van der Waals surface area contributed by atoms with Crippen LogP contribution in [-0.4, -0.2) is 157 Å². The van der Waals surface area contributed by atoms with Gasteiger partial charge in [-0.15, -0.1) is 0 Å². The summed E-state index contributed by atoms with van der Waals surface area (Å²) in [5, 5.41) is 91.3. The van der Waals surface area contributed by atoms with Gasteiger partial charge in [0, 0.05) is 32.3 Å². The van der Waals surface area contributed by atoms with E-state index in [1.165, 1.54) is 14.0 Å². The Morgan fingerprint density at radius 3 is 1.89 bits per heavy atom. The van der Waals surface area contributed by atoms with E-state index >= 15 is 0 Å². The lowest BCUT2D eigenvalue weighted by Gasteiger charge is -2.67. The molecule has 0 bridgehead atoms. The maximum atomic E-state index is 12.5. The molecule has 0 spiro atoms. The third-order valence-corrected chi connectivity index (χ3v) is 15.5. The van der Waals surface area contributed by atoms with Crippen LogP contribution in [0.5, 0.6) is 0 Å². The van der Waals surface area contributed by atoms with Gasteiger partial charge in [0.2, 0.25) is 0 Å². The summed E-state index contributed by atoms with van der Waals surface area (Å²) in [4.78, 5) is 0. The van der Waals surface area contributed by atoms with Crippen molar-refractivity contribution in [3.05, 3.63) is 11.6 Å². The summed E-state index contributed by atoms with van der Waals surface area (Å²) in [5.74, 6) is -0.484. The third kappa shape index (κ3) is 6.60. The lowest BCUT2D eigenvalue weighted by Crippen LogP contribution is -2.78. The van der Waals surface area contributed by atoms with Gasteiger partial charge in [-0.3, -0.25) is 0 Å². The van der Waals surface area contributed by atoms with E-state index in [1.807, 2.05) is 6.08 Å². The Morgan fingerprint density at radius 2 is 1.33 bits per heavy atom. The molecule has 3 heterocycles. The number of hydrogen-bond donors (Lipinski definition) is 8. The topological polar surface area (TPSA) is 226 Å². The van der Waals surface area contributed by atoms with Gasteiger partial charge in [-0.2, -0.15) is 0 Å². The van der Waals surface area contributed by atoms with Crippen LogP contribution in [0.1, 0.15) is 106 Å². The Labute approximate surface area is 323 Å². The minimum atomic E-state index is -1.82. The molecule has 15 heteroatoms. The quantitative estimate of drug-likeness (QED) is 0.160. The molecule has 0 aromatic heterocycles. The molecule has 316 valence electrons. The zero-order valence-corrected chi connectivity index (χ0v) is 33.3. The third-order valence-electron chi connectivity index (χ3n) is 15.5. The van der Waals surface area contributed by atoms with Crippen molar-refractivity contribution in [3.8, 4) is 0 Å². The Hall–Kier alpha value is -0.860. The van der Waals surface area contributed by atoms with Crippen LogP contribution in [0.4, 0.5) is 0 Å². The Kier molecular flexibility index (Phi) is 11.5. The molecule has 6 fully saturated rings. The number of ether oxygens (including phenoxy) is 7. The predicted molar refractivity (Wildman–Crippen MR) is 193 cm³/mol. The van der Waals surface area contributed by atoms with Gasteiger partial charge in [-0.1, -0.05) is 25.5 Å². The Bertz CT molecular complexity index is 1390. The highest BCUT2D eigenvalue weighted by atomic mass is 16.7. The predicted octanol–water partition coefficient (Wildman–Crippen LogP) is 0.920. The van der Waals surface area contributed by atoms with Crippen LogP contribution < -0.4 is 0 Å². The van der Waals surface area contributed by atoms with Gasteiger partial charge in [-0.25, -0.2) is 0 Å². The van der Waals surface area contributed by atoms with Crippen molar-refractivity contribution in [3.63, 3.8) is 0 Å². The standard InChI is InChI=1S/C40H66O15/c1-19-33(45)27(49-7)17-32(50-19)55-35-21(3)52-31(16-26(35)43)54-34-20(2)51-30(15-25(34)42)53-24-9-10-36(5)23(14-24)8-11-39(47)28(36)18-29(44)37(6)38(46,22(4)41)12-13-40(37,39)48/h8,19-22,24-35,41-48H,9-18H2,1-7H3. The molecule has 0 radical (unpaired) electrons. The van der Waals surface area contributed by atoms with E-state index in [0.29, 0.717) is 25.7 Å². The molecule has 21 unspecified atom stereocenters. The average molecular weight is 787 g/mol. The molecule has 0 amide bonds. The summed E-state index contributed by atoms with van der Waals surface area (Å²) in [6.45, 7) is 10.5. The molecule has 7 aliphatic rings. The van der Waals surface area contributed by atoms with Crippen molar-refractivity contribution in [2.75, 3.05) is 7.11 Å². The van der Waals surface area contributed by atoms with Crippen LogP contribution in [0.2, 0.25) is 0 Å². The van der Waals surface area contributed by atoms with E-state index < -0.39 is 120 Å². The first-order chi connectivity index (χ1) is 25.7. The van der Waals surface area contributed by atoms with Crippen molar-refractivity contribution in [2.45, 2.75) is 215 Å². The molecule has 3 aliphatic heterocycles. The maximum Gasteiger partial charge on any atom is 0.161 e. The van der Waals surface area contributed by atoms with Crippen molar-refractivity contribution in [1.82, 2.24) is 0 Å². The summed E-state index contributed by atoms with van der Waals surface area (Å²) in [6.07, 6.45) is -6.17. The lowest BCUT2D eigenvalue weighted by atomic mass is 9.42. The van der Waals surface area contributed by atoms with E-state index in [0.717, 1.165) is 5.57 Å². The summed E-state index contributed by atoms with van der Waals surface area (Å²) in [5.41, 5.74) is -6.17. The highest BCUT2D eigenvalue weighted by molar-refractivity contribution is 5.36. The summed E-state index contributed by atoms with van der Waals surface area (Å²) >= 11 is 0. The van der Waals surface area contributed by atoms with Gasteiger partial charge in [0.15, 0.2) is 18.9 Å². The minimum absolute atomic E-state index is 0.0585. The molecular formula is C40H66O15. The van der Waals surface area contributed by atoms with Crippen LogP contribution in [-0.2, 0) is 33.2 Å². The van der Waals surface area contributed by atoms with E-state index in [4.69, 9.17) is 33.2 Å². The number of aliphatic hydroxyl groups is 8.